The smallest absolute Gasteiger partial charge is 0.305 e. The number of fused-ring (bicyclic) bond motifs is 3. The average molecular weight is 239 g/mol. The first-order valence-electron chi connectivity index (χ1n) is 7.12. The van der Waals surface area contributed by atoms with E-state index in [1.165, 1.54) is 38.9 Å². The van der Waals surface area contributed by atoms with E-state index >= 15 is 0 Å². The minimum atomic E-state index is 0.0147. The van der Waals surface area contributed by atoms with Crippen molar-refractivity contribution in [2.24, 2.45) is 5.41 Å². The number of unbranched alkanes of at least 4 members (excludes halogenated alkanes) is 1. The maximum Gasteiger partial charge on any atom is 0.305 e. The van der Waals surface area contributed by atoms with Gasteiger partial charge in [-0.25, -0.2) is 0 Å². The minimum Gasteiger partial charge on any atom is -0.466 e. The summed E-state index contributed by atoms with van der Waals surface area (Å²) >= 11 is 0. The van der Waals surface area contributed by atoms with E-state index < -0.39 is 0 Å². The van der Waals surface area contributed by atoms with Crippen molar-refractivity contribution in [3.8, 4) is 0 Å². The fourth-order valence-corrected chi connectivity index (χ4v) is 3.04. The molecule has 98 valence electrons. The standard InChI is InChI=1S/C14H25NO2/c1-2-3-12-17-13(16)4-5-14-6-9-15(10-7-14)11-8-14/h2-12H2,1H3. The highest BCUT2D eigenvalue weighted by molar-refractivity contribution is 5.69. The lowest BCUT2D eigenvalue weighted by atomic mass is 9.69. The summed E-state index contributed by atoms with van der Waals surface area (Å²) in [4.78, 5) is 14.1. The van der Waals surface area contributed by atoms with E-state index in [0.29, 0.717) is 18.4 Å². The molecule has 2 bridgehead atoms. The summed E-state index contributed by atoms with van der Waals surface area (Å²) in [7, 11) is 0. The second-order valence-electron chi connectivity index (χ2n) is 5.67. The van der Waals surface area contributed by atoms with Gasteiger partial charge >= 0.3 is 5.97 Å². The lowest BCUT2D eigenvalue weighted by Gasteiger charge is -2.48. The Morgan fingerprint density at radius 1 is 1.24 bits per heavy atom. The van der Waals surface area contributed by atoms with Crippen molar-refractivity contribution >= 4 is 5.97 Å². The van der Waals surface area contributed by atoms with Crippen molar-refractivity contribution in [3.63, 3.8) is 0 Å². The summed E-state index contributed by atoms with van der Waals surface area (Å²) in [6, 6.07) is 0. The zero-order valence-electron chi connectivity index (χ0n) is 11.0. The number of hydrogen-bond donors (Lipinski definition) is 0. The Bertz CT molecular complexity index is 243. The molecule has 0 unspecified atom stereocenters. The van der Waals surface area contributed by atoms with Crippen LogP contribution in [-0.2, 0) is 9.53 Å². The van der Waals surface area contributed by atoms with Gasteiger partial charge < -0.3 is 9.64 Å². The SMILES string of the molecule is CCCCOC(=O)CCC12CCN(CC1)CC2. The van der Waals surface area contributed by atoms with E-state index in [1.54, 1.807) is 0 Å². The Morgan fingerprint density at radius 2 is 1.88 bits per heavy atom. The summed E-state index contributed by atoms with van der Waals surface area (Å²) in [6.45, 7) is 6.44. The van der Waals surface area contributed by atoms with Gasteiger partial charge in [0.2, 0.25) is 0 Å². The molecule has 0 amide bonds. The van der Waals surface area contributed by atoms with E-state index in [-0.39, 0.29) is 5.97 Å². The van der Waals surface area contributed by atoms with Crippen LogP contribution < -0.4 is 0 Å². The van der Waals surface area contributed by atoms with Crippen LogP contribution in [0, 0.1) is 5.41 Å². The molecule has 3 rings (SSSR count). The molecule has 17 heavy (non-hydrogen) atoms. The Balaban J connectivity index is 1.68. The lowest BCUT2D eigenvalue weighted by Crippen LogP contribution is -2.48. The third-order valence-corrected chi connectivity index (χ3v) is 4.50. The number of esters is 1. The molecule has 3 nitrogen and oxygen atoms in total. The van der Waals surface area contributed by atoms with Crippen molar-refractivity contribution in [3.05, 3.63) is 0 Å². The normalized spacial score (nSPS) is 31.5. The van der Waals surface area contributed by atoms with E-state index in [2.05, 4.69) is 11.8 Å². The highest BCUT2D eigenvalue weighted by atomic mass is 16.5. The first kappa shape index (κ1) is 12.9. The monoisotopic (exact) mass is 239 g/mol. The van der Waals surface area contributed by atoms with E-state index in [1.807, 2.05) is 0 Å². The zero-order chi connectivity index (χ0) is 12.1. The highest BCUT2D eigenvalue weighted by Crippen LogP contribution is 2.43. The molecular weight excluding hydrogens is 214 g/mol. The largest absolute Gasteiger partial charge is 0.466 e. The van der Waals surface area contributed by atoms with Crippen molar-refractivity contribution < 1.29 is 9.53 Å². The molecule has 3 heterocycles. The van der Waals surface area contributed by atoms with Gasteiger partial charge in [0.1, 0.15) is 0 Å². The molecule has 0 aromatic carbocycles. The van der Waals surface area contributed by atoms with Crippen LogP contribution in [0.2, 0.25) is 0 Å². The maximum absolute atomic E-state index is 11.6. The summed E-state index contributed by atoms with van der Waals surface area (Å²) in [5.74, 6) is 0.0147. The van der Waals surface area contributed by atoms with Crippen LogP contribution >= 0.6 is 0 Å². The van der Waals surface area contributed by atoms with Gasteiger partial charge in [0.25, 0.3) is 0 Å². The Hall–Kier alpha value is -0.570. The third-order valence-electron chi connectivity index (χ3n) is 4.50. The van der Waals surface area contributed by atoms with Crippen LogP contribution in [0.4, 0.5) is 0 Å². The van der Waals surface area contributed by atoms with Crippen LogP contribution in [0.1, 0.15) is 51.9 Å². The van der Waals surface area contributed by atoms with E-state index in [4.69, 9.17) is 4.74 Å². The van der Waals surface area contributed by atoms with Gasteiger partial charge in [-0.1, -0.05) is 13.3 Å². The second kappa shape index (κ2) is 5.85. The molecular formula is C14H25NO2. The molecule has 3 aliphatic rings. The van der Waals surface area contributed by atoms with Crippen molar-refractivity contribution in [2.75, 3.05) is 26.2 Å². The van der Waals surface area contributed by atoms with Gasteiger partial charge in [-0.3, -0.25) is 4.79 Å². The van der Waals surface area contributed by atoms with Gasteiger partial charge in [0, 0.05) is 6.42 Å². The topological polar surface area (TPSA) is 29.5 Å². The molecule has 0 N–H and O–H groups in total. The van der Waals surface area contributed by atoms with E-state index in [0.717, 1.165) is 19.3 Å². The highest BCUT2D eigenvalue weighted by Gasteiger charge is 2.39. The number of ether oxygens (including phenoxy) is 1. The Kier molecular flexibility index (Phi) is 4.43. The fraction of sp³-hybridized carbons (Fsp3) is 0.929. The van der Waals surface area contributed by atoms with E-state index in [9.17, 15) is 4.79 Å². The molecule has 0 aromatic heterocycles. The Morgan fingerprint density at radius 3 is 2.47 bits per heavy atom. The molecule has 0 radical (unpaired) electrons. The van der Waals surface area contributed by atoms with Crippen molar-refractivity contribution in [1.29, 1.82) is 0 Å². The molecule has 0 saturated carbocycles. The third kappa shape index (κ3) is 3.44. The number of hydrogen-bond acceptors (Lipinski definition) is 3. The predicted molar refractivity (Wildman–Crippen MR) is 67.8 cm³/mol. The van der Waals surface area contributed by atoms with Gasteiger partial charge in [0.05, 0.1) is 6.61 Å². The van der Waals surface area contributed by atoms with Crippen LogP contribution in [-0.4, -0.2) is 37.1 Å². The molecule has 0 spiro atoms. The van der Waals surface area contributed by atoms with Crippen LogP contribution in [0.3, 0.4) is 0 Å². The fourth-order valence-electron chi connectivity index (χ4n) is 3.04. The first-order chi connectivity index (χ1) is 8.24. The molecule has 0 atom stereocenters. The predicted octanol–water partition coefficient (Wildman–Crippen LogP) is 2.60. The molecule has 0 aliphatic carbocycles. The van der Waals surface area contributed by atoms with Gasteiger partial charge in [-0.05, 0) is 57.2 Å². The number of carbonyl (C=O) groups is 1. The van der Waals surface area contributed by atoms with Crippen LogP contribution in [0.5, 0.6) is 0 Å². The molecule has 3 aliphatic heterocycles. The lowest BCUT2D eigenvalue weighted by molar-refractivity contribution is -0.145. The second-order valence-corrected chi connectivity index (χ2v) is 5.67. The van der Waals surface area contributed by atoms with Crippen molar-refractivity contribution in [1.82, 2.24) is 4.90 Å². The molecule has 3 saturated heterocycles. The number of piperidine rings is 3. The van der Waals surface area contributed by atoms with Crippen LogP contribution in [0.25, 0.3) is 0 Å². The minimum absolute atomic E-state index is 0.0147. The molecule has 0 aromatic rings. The maximum atomic E-state index is 11.6. The number of carbonyl (C=O) groups excluding carboxylic acids is 1. The van der Waals surface area contributed by atoms with Gasteiger partial charge in [-0.15, -0.1) is 0 Å². The quantitative estimate of drug-likeness (QED) is 0.527. The summed E-state index contributed by atoms with van der Waals surface area (Å²) in [5, 5.41) is 0. The zero-order valence-corrected chi connectivity index (χ0v) is 11.0. The van der Waals surface area contributed by atoms with Gasteiger partial charge in [0.15, 0.2) is 0 Å². The van der Waals surface area contributed by atoms with Gasteiger partial charge in [-0.2, -0.15) is 0 Å². The summed E-state index contributed by atoms with van der Waals surface area (Å²) < 4.78 is 5.23. The van der Waals surface area contributed by atoms with Crippen molar-refractivity contribution in [2.45, 2.75) is 51.9 Å². The Labute approximate surface area is 105 Å². The summed E-state index contributed by atoms with van der Waals surface area (Å²) in [5.41, 5.74) is 0.471. The average Bonchev–Trinajstić information content (AvgIpc) is 2.39. The number of rotatable bonds is 6. The summed E-state index contributed by atoms with van der Waals surface area (Å²) in [6.07, 6.45) is 7.62. The number of nitrogens with zero attached hydrogens (tertiary/aromatic N) is 1. The van der Waals surface area contributed by atoms with Crippen LogP contribution in [0.15, 0.2) is 0 Å². The molecule has 3 heteroatoms. The molecule has 3 fully saturated rings. The first-order valence-corrected chi connectivity index (χ1v) is 7.12.